The SMILES string of the molecule is CCCC(CC)Nc1nc(C)cn1C1CCCC1. The Labute approximate surface area is 111 Å². The summed E-state index contributed by atoms with van der Waals surface area (Å²) in [5.41, 5.74) is 1.13. The van der Waals surface area contributed by atoms with Gasteiger partial charge in [0.25, 0.3) is 0 Å². The highest BCUT2D eigenvalue weighted by Gasteiger charge is 2.21. The van der Waals surface area contributed by atoms with Gasteiger partial charge in [-0.3, -0.25) is 0 Å². The van der Waals surface area contributed by atoms with E-state index in [0.717, 1.165) is 11.6 Å². The van der Waals surface area contributed by atoms with E-state index in [0.29, 0.717) is 12.1 Å². The van der Waals surface area contributed by atoms with Crippen molar-refractivity contribution < 1.29 is 0 Å². The summed E-state index contributed by atoms with van der Waals surface area (Å²) in [6.07, 6.45) is 11.2. The first-order valence-electron chi connectivity index (χ1n) is 7.56. The Balaban J connectivity index is 2.10. The molecule has 1 aromatic heterocycles. The van der Waals surface area contributed by atoms with Gasteiger partial charge in [-0.1, -0.05) is 33.1 Å². The molecule has 1 unspecified atom stereocenters. The van der Waals surface area contributed by atoms with E-state index in [1.54, 1.807) is 0 Å². The predicted octanol–water partition coefficient (Wildman–Crippen LogP) is 4.30. The zero-order valence-electron chi connectivity index (χ0n) is 12.1. The summed E-state index contributed by atoms with van der Waals surface area (Å²) in [5, 5.41) is 3.65. The van der Waals surface area contributed by atoms with Crippen LogP contribution >= 0.6 is 0 Å². The summed E-state index contributed by atoms with van der Waals surface area (Å²) >= 11 is 0. The highest BCUT2D eigenvalue weighted by Crippen LogP contribution is 2.32. The van der Waals surface area contributed by atoms with Crippen LogP contribution in [0, 0.1) is 6.92 Å². The maximum absolute atomic E-state index is 4.68. The normalized spacial score (nSPS) is 18.2. The van der Waals surface area contributed by atoms with Crippen molar-refractivity contribution in [3.05, 3.63) is 11.9 Å². The first-order chi connectivity index (χ1) is 8.74. The third kappa shape index (κ3) is 3.06. The van der Waals surface area contributed by atoms with Crippen molar-refractivity contribution in [2.24, 2.45) is 0 Å². The second kappa shape index (κ2) is 6.26. The van der Waals surface area contributed by atoms with Crippen molar-refractivity contribution >= 4 is 5.95 Å². The van der Waals surface area contributed by atoms with E-state index in [2.05, 4.69) is 41.8 Å². The van der Waals surface area contributed by atoms with Gasteiger partial charge in [0.1, 0.15) is 0 Å². The molecule has 1 saturated carbocycles. The number of hydrogen-bond donors (Lipinski definition) is 1. The molecule has 1 atom stereocenters. The number of aromatic nitrogens is 2. The Morgan fingerprint density at radius 3 is 2.72 bits per heavy atom. The molecule has 102 valence electrons. The van der Waals surface area contributed by atoms with Crippen LogP contribution in [0.2, 0.25) is 0 Å². The zero-order chi connectivity index (χ0) is 13.0. The Morgan fingerprint density at radius 2 is 2.11 bits per heavy atom. The van der Waals surface area contributed by atoms with Crippen LogP contribution in [-0.4, -0.2) is 15.6 Å². The quantitative estimate of drug-likeness (QED) is 0.814. The minimum absolute atomic E-state index is 0.567. The summed E-state index contributed by atoms with van der Waals surface area (Å²) in [6.45, 7) is 6.60. The average molecular weight is 249 g/mol. The molecule has 0 saturated heterocycles. The summed E-state index contributed by atoms with van der Waals surface area (Å²) in [6, 6.07) is 1.24. The maximum atomic E-state index is 4.68. The fourth-order valence-electron chi connectivity index (χ4n) is 2.99. The zero-order valence-corrected chi connectivity index (χ0v) is 12.1. The molecular formula is C15H27N3. The molecule has 3 nitrogen and oxygen atoms in total. The molecule has 1 aliphatic rings. The molecule has 2 rings (SSSR count). The van der Waals surface area contributed by atoms with Gasteiger partial charge in [0, 0.05) is 18.3 Å². The van der Waals surface area contributed by atoms with Crippen LogP contribution in [0.3, 0.4) is 0 Å². The molecule has 0 aliphatic heterocycles. The lowest BCUT2D eigenvalue weighted by molar-refractivity contribution is 0.515. The number of aryl methyl sites for hydroxylation is 1. The lowest BCUT2D eigenvalue weighted by atomic mass is 10.1. The molecule has 0 bridgehead atoms. The van der Waals surface area contributed by atoms with E-state index in [1.807, 2.05) is 0 Å². The molecular weight excluding hydrogens is 222 g/mol. The fraction of sp³-hybridized carbons (Fsp3) is 0.800. The molecule has 18 heavy (non-hydrogen) atoms. The molecule has 1 heterocycles. The number of anilines is 1. The van der Waals surface area contributed by atoms with Crippen molar-refractivity contribution in [3.63, 3.8) is 0 Å². The van der Waals surface area contributed by atoms with Crippen LogP contribution in [0.5, 0.6) is 0 Å². The second-order valence-electron chi connectivity index (χ2n) is 5.59. The molecule has 0 spiro atoms. The number of hydrogen-bond acceptors (Lipinski definition) is 2. The Hall–Kier alpha value is -0.990. The first-order valence-corrected chi connectivity index (χ1v) is 7.56. The number of nitrogens with one attached hydrogen (secondary N) is 1. The molecule has 1 aromatic rings. The van der Waals surface area contributed by atoms with Gasteiger partial charge in [0.2, 0.25) is 5.95 Å². The van der Waals surface area contributed by atoms with E-state index in [1.165, 1.54) is 44.9 Å². The largest absolute Gasteiger partial charge is 0.353 e. The molecule has 3 heteroatoms. The summed E-state index contributed by atoms with van der Waals surface area (Å²) in [4.78, 5) is 4.68. The van der Waals surface area contributed by atoms with Crippen molar-refractivity contribution in [3.8, 4) is 0 Å². The minimum Gasteiger partial charge on any atom is -0.353 e. The molecule has 0 amide bonds. The van der Waals surface area contributed by atoms with Crippen LogP contribution in [0.1, 0.15) is 70.5 Å². The molecule has 1 aliphatic carbocycles. The van der Waals surface area contributed by atoms with E-state index < -0.39 is 0 Å². The van der Waals surface area contributed by atoms with Gasteiger partial charge in [0.15, 0.2) is 0 Å². The monoisotopic (exact) mass is 249 g/mol. The lowest BCUT2D eigenvalue weighted by Gasteiger charge is -2.20. The molecule has 0 radical (unpaired) electrons. The van der Waals surface area contributed by atoms with Crippen LogP contribution in [-0.2, 0) is 0 Å². The van der Waals surface area contributed by atoms with E-state index in [4.69, 9.17) is 0 Å². The highest BCUT2D eigenvalue weighted by atomic mass is 15.2. The minimum atomic E-state index is 0.567. The van der Waals surface area contributed by atoms with Gasteiger partial charge in [-0.25, -0.2) is 4.98 Å². The van der Waals surface area contributed by atoms with Gasteiger partial charge >= 0.3 is 0 Å². The number of imidazole rings is 1. The topological polar surface area (TPSA) is 29.9 Å². The van der Waals surface area contributed by atoms with Crippen LogP contribution in [0.25, 0.3) is 0 Å². The summed E-state index contributed by atoms with van der Waals surface area (Å²) < 4.78 is 2.39. The van der Waals surface area contributed by atoms with E-state index in [9.17, 15) is 0 Å². The van der Waals surface area contributed by atoms with Gasteiger partial charge < -0.3 is 9.88 Å². The third-order valence-electron chi connectivity index (χ3n) is 4.03. The first kappa shape index (κ1) is 13.4. The van der Waals surface area contributed by atoms with Crippen molar-refractivity contribution in [1.82, 2.24) is 9.55 Å². The van der Waals surface area contributed by atoms with E-state index >= 15 is 0 Å². The molecule has 0 aromatic carbocycles. The van der Waals surface area contributed by atoms with E-state index in [-0.39, 0.29) is 0 Å². The number of rotatable bonds is 6. The number of nitrogens with zero attached hydrogens (tertiary/aromatic N) is 2. The van der Waals surface area contributed by atoms with Crippen molar-refractivity contribution in [2.75, 3.05) is 5.32 Å². The van der Waals surface area contributed by atoms with Crippen LogP contribution < -0.4 is 5.32 Å². The Morgan fingerprint density at radius 1 is 1.39 bits per heavy atom. The average Bonchev–Trinajstić information content (AvgIpc) is 2.97. The Kier molecular flexibility index (Phi) is 4.67. The highest BCUT2D eigenvalue weighted by molar-refractivity contribution is 5.31. The maximum Gasteiger partial charge on any atom is 0.203 e. The predicted molar refractivity (Wildman–Crippen MR) is 77.1 cm³/mol. The van der Waals surface area contributed by atoms with Gasteiger partial charge in [0.05, 0.1) is 5.69 Å². The lowest BCUT2D eigenvalue weighted by Crippen LogP contribution is -2.21. The van der Waals surface area contributed by atoms with Crippen molar-refractivity contribution in [1.29, 1.82) is 0 Å². The van der Waals surface area contributed by atoms with Crippen LogP contribution in [0.4, 0.5) is 5.95 Å². The second-order valence-corrected chi connectivity index (χ2v) is 5.59. The summed E-state index contributed by atoms with van der Waals surface area (Å²) in [7, 11) is 0. The van der Waals surface area contributed by atoms with Crippen molar-refractivity contribution in [2.45, 2.75) is 77.8 Å². The molecule has 1 fully saturated rings. The van der Waals surface area contributed by atoms with Crippen LogP contribution in [0.15, 0.2) is 6.20 Å². The van der Waals surface area contributed by atoms with Gasteiger partial charge in [-0.2, -0.15) is 0 Å². The fourth-order valence-corrected chi connectivity index (χ4v) is 2.99. The van der Waals surface area contributed by atoms with Gasteiger partial charge in [-0.15, -0.1) is 0 Å². The standard InChI is InChI=1S/C15H27N3/c1-4-8-13(5-2)17-15-16-12(3)11-18(15)14-9-6-7-10-14/h11,13-14H,4-10H2,1-3H3,(H,16,17). The Bertz CT molecular complexity index is 364. The molecule has 1 N–H and O–H groups in total. The smallest absolute Gasteiger partial charge is 0.203 e. The summed E-state index contributed by atoms with van der Waals surface area (Å²) in [5.74, 6) is 1.10. The van der Waals surface area contributed by atoms with Gasteiger partial charge in [-0.05, 0) is 32.6 Å². The third-order valence-corrected chi connectivity index (χ3v) is 4.03.